The summed E-state index contributed by atoms with van der Waals surface area (Å²) in [6, 6.07) is 8.57. The Balaban J connectivity index is 2.40. The van der Waals surface area contributed by atoms with Crippen LogP contribution in [0.15, 0.2) is 24.3 Å². The van der Waals surface area contributed by atoms with Gasteiger partial charge in [-0.15, -0.1) is 0 Å². The van der Waals surface area contributed by atoms with Gasteiger partial charge in [0, 0.05) is 11.5 Å². The highest BCUT2D eigenvalue weighted by Gasteiger charge is 2.10. The number of aliphatic carboxylic acids is 1. The second-order valence-electron chi connectivity index (χ2n) is 4.65. The van der Waals surface area contributed by atoms with Crippen LogP contribution in [-0.4, -0.2) is 16.8 Å². The first-order valence-electron chi connectivity index (χ1n) is 5.90. The quantitative estimate of drug-likeness (QED) is 0.837. The van der Waals surface area contributed by atoms with Crippen LogP contribution < -0.4 is 0 Å². The minimum atomic E-state index is -0.715. The largest absolute Gasteiger partial charge is 0.481 e. The fourth-order valence-electron chi connectivity index (χ4n) is 1.42. The van der Waals surface area contributed by atoms with Gasteiger partial charge in [0.1, 0.15) is 0 Å². The SMILES string of the molecule is CC(CSCc1ccc(C(C)C)cc1)C(=O)O. The van der Waals surface area contributed by atoms with E-state index < -0.39 is 5.97 Å². The van der Waals surface area contributed by atoms with Crippen molar-refractivity contribution in [1.29, 1.82) is 0 Å². The second kappa shape index (κ2) is 6.70. The first kappa shape index (κ1) is 14.1. The Morgan fingerprint density at radius 3 is 2.29 bits per heavy atom. The molecule has 0 aliphatic heterocycles. The average Bonchev–Trinajstić information content (AvgIpc) is 2.29. The van der Waals surface area contributed by atoms with Gasteiger partial charge in [0.25, 0.3) is 0 Å². The molecule has 1 aromatic carbocycles. The number of carboxylic acids is 1. The van der Waals surface area contributed by atoms with Gasteiger partial charge in [0.15, 0.2) is 0 Å². The number of thioether (sulfide) groups is 1. The molecule has 0 bridgehead atoms. The molecule has 0 saturated carbocycles. The molecule has 0 heterocycles. The number of benzene rings is 1. The lowest BCUT2D eigenvalue weighted by Crippen LogP contribution is -2.11. The zero-order chi connectivity index (χ0) is 12.8. The van der Waals surface area contributed by atoms with E-state index in [9.17, 15) is 4.79 Å². The van der Waals surface area contributed by atoms with Crippen LogP contribution in [0, 0.1) is 5.92 Å². The van der Waals surface area contributed by atoms with Crippen LogP contribution >= 0.6 is 11.8 Å². The number of hydrogen-bond acceptors (Lipinski definition) is 2. The third kappa shape index (κ3) is 4.82. The molecule has 0 saturated heterocycles. The molecule has 94 valence electrons. The van der Waals surface area contributed by atoms with E-state index >= 15 is 0 Å². The molecule has 1 N–H and O–H groups in total. The third-order valence-corrected chi connectivity index (χ3v) is 3.98. The molecule has 1 unspecified atom stereocenters. The van der Waals surface area contributed by atoms with Crippen LogP contribution in [0.5, 0.6) is 0 Å². The van der Waals surface area contributed by atoms with Crippen LogP contribution in [0.1, 0.15) is 37.8 Å². The van der Waals surface area contributed by atoms with Crippen LogP contribution in [-0.2, 0) is 10.5 Å². The number of carbonyl (C=O) groups is 1. The predicted molar refractivity (Wildman–Crippen MR) is 73.5 cm³/mol. The maximum Gasteiger partial charge on any atom is 0.307 e. The van der Waals surface area contributed by atoms with Gasteiger partial charge in [-0.2, -0.15) is 11.8 Å². The van der Waals surface area contributed by atoms with Crippen molar-refractivity contribution < 1.29 is 9.90 Å². The van der Waals surface area contributed by atoms with Gasteiger partial charge in [0.2, 0.25) is 0 Å². The van der Waals surface area contributed by atoms with E-state index in [4.69, 9.17) is 5.11 Å². The minimum absolute atomic E-state index is 0.269. The highest BCUT2D eigenvalue weighted by atomic mass is 32.2. The minimum Gasteiger partial charge on any atom is -0.481 e. The molecular weight excluding hydrogens is 232 g/mol. The molecule has 1 atom stereocenters. The molecule has 0 amide bonds. The molecule has 0 aromatic heterocycles. The Morgan fingerprint density at radius 1 is 1.24 bits per heavy atom. The standard InChI is InChI=1S/C14H20O2S/c1-10(2)13-6-4-12(5-7-13)9-17-8-11(3)14(15)16/h4-7,10-11H,8-9H2,1-3H3,(H,15,16). The summed E-state index contributed by atoms with van der Waals surface area (Å²) >= 11 is 1.68. The second-order valence-corrected chi connectivity index (χ2v) is 5.68. The molecule has 0 radical (unpaired) electrons. The number of hydrogen-bond donors (Lipinski definition) is 1. The van der Waals surface area contributed by atoms with E-state index in [1.54, 1.807) is 18.7 Å². The van der Waals surface area contributed by atoms with Crippen molar-refractivity contribution in [3.63, 3.8) is 0 Å². The highest BCUT2D eigenvalue weighted by Crippen LogP contribution is 2.19. The lowest BCUT2D eigenvalue weighted by Gasteiger charge is -2.08. The molecular formula is C14H20O2S. The smallest absolute Gasteiger partial charge is 0.307 e. The summed E-state index contributed by atoms with van der Waals surface area (Å²) in [5, 5.41) is 8.76. The van der Waals surface area contributed by atoms with Crippen molar-refractivity contribution >= 4 is 17.7 Å². The van der Waals surface area contributed by atoms with E-state index in [1.165, 1.54) is 11.1 Å². The van der Waals surface area contributed by atoms with E-state index in [1.807, 2.05) is 0 Å². The Morgan fingerprint density at radius 2 is 1.82 bits per heavy atom. The van der Waals surface area contributed by atoms with Gasteiger partial charge in [-0.25, -0.2) is 0 Å². The van der Waals surface area contributed by atoms with Crippen molar-refractivity contribution in [3.05, 3.63) is 35.4 Å². The number of carboxylic acid groups (broad SMARTS) is 1. The predicted octanol–water partition coefficient (Wildman–Crippen LogP) is 3.76. The molecule has 3 heteroatoms. The summed E-state index contributed by atoms with van der Waals surface area (Å²) in [7, 11) is 0. The van der Waals surface area contributed by atoms with Crippen LogP contribution in [0.4, 0.5) is 0 Å². The van der Waals surface area contributed by atoms with Gasteiger partial charge in [-0.3, -0.25) is 4.79 Å². The fourth-order valence-corrected chi connectivity index (χ4v) is 2.47. The summed E-state index contributed by atoms with van der Waals surface area (Å²) in [4.78, 5) is 10.6. The van der Waals surface area contributed by atoms with E-state index in [0.717, 1.165) is 5.75 Å². The number of rotatable bonds is 6. The van der Waals surface area contributed by atoms with Crippen molar-refractivity contribution in [2.75, 3.05) is 5.75 Å². The molecule has 1 aromatic rings. The first-order valence-corrected chi connectivity index (χ1v) is 7.05. The van der Waals surface area contributed by atoms with Crippen molar-refractivity contribution in [3.8, 4) is 0 Å². The van der Waals surface area contributed by atoms with Crippen molar-refractivity contribution in [1.82, 2.24) is 0 Å². The monoisotopic (exact) mass is 252 g/mol. The summed E-state index contributed by atoms with van der Waals surface area (Å²) in [5.41, 5.74) is 2.61. The topological polar surface area (TPSA) is 37.3 Å². The third-order valence-electron chi connectivity index (χ3n) is 2.70. The molecule has 1 rings (SSSR count). The van der Waals surface area contributed by atoms with Crippen LogP contribution in [0.25, 0.3) is 0 Å². The highest BCUT2D eigenvalue weighted by molar-refractivity contribution is 7.98. The lowest BCUT2D eigenvalue weighted by molar-refractivity contribution is -0.140. The van der Waals surface area contributed by atoms with Crippen LogP contribution in [0.2, 0.25) is 0 Å². The Bertz CT molecular complexity index is 357. The summed E-state index contributed by atoms with van der Waals surface area (Å²) in [6.45, 7) is 6.10. The zero-order valence-corrected chi connectivity index (χ0v) is 11.5. The van der Waals surface area contributed by atoms with Gasteiger partial charge in [0.05, 0.1) is 5.92 Å². The lowest BCUT2D eigenvalue weighted by atomic mass is 10.0. The van der Waals surface area contributed by atoms with E-state index in [-0.39, 0.29) is 5.92 Å². The van der Waals surface area contributed by atoms with Gasteiger partial charge in [-0.1, -0.05) is 45.0 Å². The molecule has 0 spiro atoms. The summed E-state index contributed by atoms with van der Waals surface area (Å²) in [5.74, 6) is 1.13. The summed E-state index contributed by atoms with van der Waals surface area (Å²) in [6.07, 6.45) is 0. The maximum atomic E-state index is 10.6. The maximum absolute atomic E-state index is 10.6. The summed E-state index contributed by atoms with van der Waals surface area (Å²) < 4.78 is 0. The van der Waals surface area contributed by atoms with Crippen molar-refractivity contribution in [2.45, 2.75) is 32.4 Å². The molecule has 17 heavy (non-hydrogen) atoms. The Labute approximate surface area is 107 Å². The van der Waals surface area contributed by atoms with E-state index in [0.29, 0.717) is 11.7 Å². The molecule has 2 nitrogen and oxygen atoms in total. The molecule has 0 fully saturated rings. The molecule has 0 aliphatic rings. The van der Waals surface area contributed by atoms with Gasteiger partial charge >= 0.3 is 5.97 Å². The van der Waals surface area contributed by atoms with Crippen molar-refractivity contribution in [2.24, 2.45) is 5.92 Å². The first-order chi connectivity index (χ1) is 8.00. The fraction of sp³-hybridized carbons (Fsp3) is 0.500. The normalized spacial score (nSPS) is 12.7. The Kier molecular flexibility index (Phi) is 5.56. The zero-order valence-electron chi connectivity index (χ0n) is 10.6. The van der Waals surface area contributed by atoms with Gasteiger partial charge in [-0.05, 0) is 17.0 Å². The van der Waals surface area contributed by atoms with Gasteiger partial charge < -0.3 is 5.11 Å². The average molecular weight is 252 g/mol. The van der Waals surface area contributed by atoms with E-state index in [2.05, 4.69) is 38.1 Å². The Hall–Kier alpha value is -0.960. The van der Waals surface area contributed by atoms with Crippen LogP contribution in [0.3, 0.4) is 0 Å². The molecule has 0 aliphatic carbocycles.